The van der Waals surface area contributed by atoms with Crippen molar-refractivity contribution in [1.29, 1.82) is 0 Å². The predicted octanol–water partition coefficient (Wildman–Crippen LogP) is 4.75. The number of hydrogen-bond acceptors (Lipinski definition) is 4. The van der Waals surface area contributed by atoms with Gasteiger partial charge in [0.15, 0.2) is 0 Å². The standard InChI is InChI=1S/C20H16N2O2/c1-23-15-9-7-14(8-10-15)19-17(13-5-3-2-4-6-13)18-16(21)11-12-22-20(18)24-19/h2-12H,1H3,(H2,21,22). The summed E-state index contributed by atoms with van der Waals surface area (Å²) in [7, 11) is 1.65. The quantitative estimate of drug-likeness (QED) is 0.592. The number of hydrogen-bond donors (Lipinski definition) is 1. The van der Waals surface area contributed by atoms with Gasteiger partial charge in [-0.2, -0.15) is 0 Å². The molecule has 0 amide bonds. The van der Waals surface area contributed by atoms with E-state index in [9.17, 15) is 0 Å². The van der Waals surface area contributed by atoms with Crippen molar-refractivity contribution in [1.82, 2.24) is 4.98 Å². The van der Waals surface area contributed by atoms with Crippen LogP contribution in [0.15, 0.2) is 71.3 Å². The van der Waals surface area contributed by atoms with Gasteiger partial charge >= 0.3 is 0 Å². The Kier molecular flexibility index (Phi) is 3.43. The zero-order chi connectivity index (χ0) is 16.5. The summed E-state index contributed by atoms with van der Waals surface area (Å²) in [6.07, 6.45) is 1.66. The van der Waals surface area contributed by atoms with E-state index in [4.69, 9.17) is 14.9 Å². The van der Waals surface area contributed by atoms with Crippen molar-refractivity contribution < 1.29 is 9.15 Å². The zero-order valence-corrected chi connectivity index (χ0v) is 13.2. The van der Waals surface area contributed by atoms with E-state index in [2.05, 4.69) is 4.98 Å². The lowest BCUT2D eigenvalue weighted by molar-refractivity contribution is 0.415. The number of rotatable bonds is 3. The van der Waals surface area contributed by atoms with Crippen LogP contribution < -0.4 is 10.5 Å². The lowest BCUT2D eigenvalue weighted by atomic mass is 9.98. The number of nitrogens with zero attached hydrogens (tertiary/aromatic N) is 1. The molecule has 2 aromatic carbocycles. The molecule has 2 aromatic heterocycles. The first-order valence-electron chi connectivity index (χ1n) is 7.65. The summed E-state index contributed by atoms with van der Waals surface area (Å²) in [6.45, 7) is 0. The number of aromatic nitrogens is 1. The van der Waals surface area contributed by atoms with Crippen molar-refractivity contribution >= 4 is 16.8 Å². The monoisotopic (exact) mass is 316 g/mol. The number of furan rings is 1. The van der Waals surface area contributed by atoms with Gasteiger partial charge in [-0.15, -0.1) is 0 Å². The molecular weight excluding hydrogens is 300 g/mol. The fourth-order valence-electron chi connectivity index (χ4n) is 2.87. The fourth-order valence-corrected chi connectivity index (χ4v) is 2.87. The molecule has 0 aliphatic rings. The zero-order valence-electron chi connectivity index (χ0n) is 13.2. The molecular formula is C20H16N2O2. The highest BCUT2D eigenvalue weighted by atomic mass is 16.5. The van der Waals surface area contributed by atoms with Crippen LogP contribution in [0.3, 0.4) is 0 Å². The Bertz CT molecular complexity index is 990. The average Bonchev–Trinajstić information content (AvgIpc) is 3.03. The predicted molar refractivity (Wildman–Crippen MR) is 95.8 cm³/mol. The first kappa shape index (κ1) is 14.3. The molecule has 0 spiro atoms. The highest BCUT2D eigenvalue weighted by Gasteiger charge is 2.20. The molecule has 0 fully saturated rings. The van der Waals surface area contributed by atoms with Gasteiger partial charge in [-0.25, -0.2) is 4.98 Å². The molecule has 0 saturated heterocycles. The van der Waals surface area contributed by atoms with Gasteiger partial charge in [0.05, 0.1) is 12.5 Å². The minimum Gasteiger partial charge on any atom is -0.497 e. The van der Waals surface area contributed by atoms with E-state index >= 15 is 0 Å². The normalized spacial score (nSPS) is 10.9. The molecule has 24 heavy (non-hydrogen) atoms. The van der Waals surface area contributed by atoms with E-state index in [1.165, 1.54) is 0 Å². The maximum Gasteiger partial charge on any atom is 0.229 e. The molecule has 2 N–H and O–H groups in total. The van der Waals surface area contributed by atoms with E-state index in [1.807, 2.05) is 54.6 Å². The number of nitrogen functional groups attached to an aromatic ring is 1. The minimum atomic E-state index is 0.541. The Morgan fingerprint density at radius 2 is 1.67 bits per heavy atom. The molecule has 0 aliphatic carbocycles. The van der Waals surface area contributed by atoms with Crippen LogP contribution in [-0.4, -0.2) is 12.1 Å². The molecule has 0 aliphatic heterocycles. The van der Waals surface area contributed by atoms with Gasteiger partial charge in [0.2, 0.25) is 5.71 Å². The maximum atomic E-state index is 6.21. The molecule has 4 aromatic rings. The molecule has 118 valence electrons. The molecule has 0 saturated carbocycles. The van der Waals surface area contributed by atoms with Crippen molar-refractivity contribution in [2.45, 2.75) is 0 Å². The Hall–Kier alpha value is -3.27. The second-order valence-corrected chi connectivity index (χ2v) is 5.48. The summed E-state index contributed by atoms with van der Waals surface area (Å²) >= 11 is 0. The Balaban J connectivity index is 2.02. The van der Waals surface area contributed by atoms with Crippen LogP contribution in [0.1, 0.15) is 0 Å². The third-order valence-corrected chi connectivity index (χ3v) is 4.04. The van der Waals surface area contributed by atoms with E-state index in [0.29, 0.717) is 11.4 Å². The number of benzene rings is 2. The number of anilines is 1. The Labute approximate surface area is 139 Å². The summed E-state index contributed by atoms with van der Waals surface area (Å²) in [4.78, 5) is 4.34. The topological polar surface area (TPSA) is 61.3 Å². The first-order valence-corrected chi connectivity index (χ1v) is 7.65. The average molecular weight is 316 g/mol. The number of fused-ring (bicyclic) bond motifs is 1. The van der Waals surface area contributed by atoms with E-state index < -0.39 is 0 Å². The van der Waals surface area contributed by atoms with E-state index in [1.54, 1.807) is 19.4 Å². The summed E-state index contributed by atoms with van der Waals surface area (Å²) < 4.78 is 11.3. The largest absolute Gasteiger partial charge is 0.497 e. The molecule has 0 unspecified atom stereocenters. The molecule has 0 bridgehead atoms. The van der Waals surface area contributed by atoms with Crippen LogP contribution >= 0.6 is 0 Å². The Morgan fingerprint density at radius 1 is 0.917 bits per heavy atom. The van der Waals surface area contributed by atoms with Crippen molar-refractivity contribution in [2.75, 3.05) is 12.8 Å². The van der Waals surface area contributed by atoms with Crippen molar-refractivity contribution in [2.24, 2.45) is 0 Å². The second kappa shape index (κ2) is 5.74. The second-order valence-electron chi connectivity index (χ2n) is 5.48. The summed E-state index contributed by atoms with van der Waals surface area (Å²) in [5.41, 5.74) is 10.4. The van der Waals surface area contributed by atoms with Crippen LogP contribution in [0.2, 0.25) is 0 Å². The molecule has 2 heterocycles. The van der Waals surface area contributed by atoms with Gasteiger partial charge in [-0.3, -0.25) is 0 Å². The first-order chi connectivity index (χ1) is 11.8. The van der Waals surface area contributed by atoms with Crippen molar-refractivity contribution in [3.8, 4) is 28.2 Å². The van der Waals surface area contributed by atoms with Crippen LogP contribution in [0.25, 0.3) is 33.6 Å². The lowest BCUT2D eigenvalue weighted by Gasteiger charge is -2.05. The van der Waals surface area contributed by atoms with Gasteiger partial charge in [0, 0.05) is 23.0 Å². The van der Waals surface area contributed by atoms with Gasteiger partial charge in [0.25, 0.3) is 0 Å². The van der Waals surface area contributed by atoms with Crippen LogP contribution in [-0.2, 0) is 0 Å². The van der Waals surface area contributed by atoms with Crippen LogP contribution in [0.5, 0.6) is 5.75 Å². The smallest absolute Gasteiger partial charge is 0.229 e. The SMILES string of the molecule is COc1ccc(-c2oc3nccc(N)c3c2-c2ccccc2)cc1. The summed E-state index contributed by atoms with van der Waals surface area (Å²) in [6, 6.07) is 19.6. The summed E-state index contributed by atoms with van der Waals surface area (Å²) in [5.74, 6) is 1.55. The Morgan fingerprint density at radius 3 is 2.38 bits per heavy atom. The maximum absolute atomic E-state index is 6.21. The number of nitrogens with two attached hydrogens (primary N) is 1. The number of pyridine rings is 1. The lowest BCUT2D eigenvalue weighted by Crippen LogP contribution is -1.88. The van der Waals surface area contributed by atoms with E-state index in [-0.39, 0.29) is 0 Å². The van der Waals surface area contributed by atoms with Gasteiger partial charge in [-0.05, 0) is 35.9 Å². The number of methoxy groups -OCH3 is 1. The van der Waals surface area contributed by atoms with Gasteiger partial charge < -0.3 is 14.9 Å². The van der Waals surface area contributed by atoms with E-state index in [0.717, 1.165) is 33.6 Å². The third-order valence-electron chi connectivity index (χ3n) is 4.04. The minimum absolute atomic E-state index is 0.541. The molecule has 4 rings (SSSR count). The summed E-state index contributed by atoms with van der Waals surface area (Å²) in [5, 5.41) is 0.842. The third kappa shape index (κ3) is 2.29. The van der Waals surface area contributed by atoms with Gasteiger partial charge in [-0.1, -0.05) is 30.3 Å². The van der Waals surface area contributed by atoms with Crippen LogP contribution in [0, 0.1) is 0 Å². The van der Waals surface area contributed by atoms with Crippen molar-refractivity contribution in [3.63, 3.8) is 0 Å². The van der Waals surface area contributed by atoms with Crippen molar-refractivity contribution in [3.05, 3.63) is 66.9 Å². The molecule has 4 heteroatoms. The molecule has 0 atom stereocenters. The molecule has 0 radical (unpaired) electrons. The highest BCUT2D eigenvalue weighted by molar-refractivity contribution is 6.06. The van der Waals surface area contributed by atoms with Gasteiger partial charge in [0.1, 0.15) is 11.5 Å². The molecule has 4 nitrogen and oxygen atoms in total. The highest BCUT2D eigenvalue weighted by Crippen LogP contribution is 2.42. The fraction of sp³-hybridized carbons (Fsp3) is 0.0500. The number of ether oxygens (including phenoxy) is 1. The van der Waals surface area contributed by atoms with Crippen LogP contribution in [0.4, 0.5) is 5.69 Å².